The lowest BCUT2D eigenvalue weighted by atomic mass is 10.1. The van der Waals surface area contributed by atoms with E-state index in [0.717, 1.165) is 4.88 Å². The molecule has 3 rings (SSSR count). The number of hydrogen-bond acceptors (Lipinski definition) is 5. The number of amides is 3. The van der Waals surface area contributed by atoms with Crippen molar-refractivity contribution in [3.05, 3.63) is 52.6 Å². The highest BCUT2D eigenvalue weighted by Crippen LogP contribution is 2.20. The summed E-state index contributed by atoms with van der Waals surface area (Å²) in [6.45, 7) is 0.637. The number of thiophene rings is 1. The van der Waals surface area contributed by atoms with Crippen molar-refractivity contribution >= 4 is 35.1 Å². The summed E-state index contributed by atoms with van der Waals surface area (Å²) in [5.41, 5.74) is 4.69. The van der Waals surface area contributed by atoms with Gasteiger partial charge >= 0.3 is 0 Å². The maximum Gasteiger partial charge on any atom is 0.262 e. The van der Waals surface area contributed by atoms with Crippen LogP contribution in [0.25, 0.3) is 6.08 Å². The minimum Gasteiger partial charge on any atom is -0.467 e. The van der Waals surface area contributed by atoms with Gasteiger partial charge in [0.15, 0.2) is 0 Å². The molecule has 1 aliphatic rings. The minimum absolute atomic E-state index is 0.111. The monoisotopic (exact) mass is 359 g/mol. The summed E-state index contributed by atoms with van der Waals surface area (Å²) in [5.74, 6) is -0.752. The second-order valence-corrected chi connectivity index (χ2v) is 6.56. The molecule has 1 atom stereocenters. The molecular formula is C17H17N3O4S. The highest BCUT2D eigenvalue weighted by molar-refractivity contribution is 7.10. The molecular weight excluding hydrogens is 342 g/mol. The van der Waals surface area contributed by atoms with E-state index in [2.05, 4.69) is 10.9 Å². The van der Waals surface area contributed by atoms with E-state index in [1.54, 1.807) is 29.4 Å². The van der Waals surface area contributed by atoms with E-state index in [0.29, 0.717) is 18.8 Å². The SMILES string of the molecule is O=C(/C=C/c1cccs1)NNC(=O)C1CC(=O)N(Cc2ccco2)C1. The lowest BCUT2D eigenvalue weighted by Gasteiger charge is -2.15. The number of likely N-dealkylation sites (tertiary alicyclic amines) is 1. The molecule has 2 N–H and O–H groups in total. The van der Waals surface area contributed by atoms with Gasteiger partial charge in [-0.05, 0) is 29.7 Å². The van der Waals surface area contributed by atoms with Crippen LogP contribution in [0.5, 0.6) is 0 Å². The third-order valence-corrected chi connectivity index (χ3v) is 4.60. The van der Waals surface area contributed by atoms with Crippen molar-refractivity contribution in [2.75, 3.05) is 6.54 Å². The van der Waals surface area contributed by atoms with Crippen LogP contribution in [-0.4, -0.2) is 29.2 Å². The number of carbonyl (C=O) groups is 3. The summed E-state index contributed by atoms with van der Waals surface area (Å²) in [4.78, 5) is 38.3. The predicted octanol–water partition coefficient (Wildman–Crippen LogP) is 1.55. The molecule has 2 aromatic heterocycles. The van der Waals surface area contributed by atoms with E-state index >= 15 is 0 Å². The van der Waals surface area contributed by atoms with Crippen LogP contribution in [0.1, 0.15) is 17.1 Å². The fourth-order valence-corrected chi connectivity index (χ4v) is 3.12. The van der Waals surface area contributed by atoms with Crippen molar-refractivity contribution in [2.45, 2.75) is 13.0 Å². The molecule has 1 saturated heterocycles. The van der Waals surface area contributed by atoms with E-state index in [1.165, 1.54) is 17.4 Å². The molecule has 0 aliphatic carbocycles. The van der Waals surface area contributed by atoms with Crippen molar-refractivity contribution in [3.8, 4) is 0 Å². The van der Waals surface area contributed by atoms with Crippen LogP contribution in [-0.2, 0) is 20.9 Å². The third kappa shape index (κ3) is 4.57. The predicted molar refractivity (Wildman–Crippen MR) is 91.9 cm³/mol. The Morgan fingerprint density at radius 1 is 1.32 bits per heavy atom. The first-order valence-electron chi connectivity index (χ1n) is 7.73. The van der Waals surface area contributed by atoms with E-state index in [9.17, 15) is 14.4 Å². The van der Waals surface area contributed by atoms with Gasteiger partial charge in [0.2, 0.25) is 11.8 Å². The number of rotatable bonds is 5. The van der Waals surface area contributed by atoms with E-state index in [4.69, 9.17) is 4.42 Å². The molecule has 3 heterocycles. The largest absolute Gasteiger partial charge is 0.467 e. The second-order valence-electron chi connectivity index (χ2n) is 5.58. The summed E-state index contributed by atoms with van der Waals surface area (Å²) >= 11 is 1.51. The van der Waals surface area contributed by atoms with Crippen molar-refractivity contribution < 1.29 is 18.8 Å². The average molecular weight is 359 g/mol. The highest BCUT2D eigenvalue weighted by Gasteiger charge is 2.34. The van der Waals surface area contributed by atoms with Gasteiger partial charge in [-0.2, -0.15) is 0 Å². The number of hydrogen-bond donors (Lipinski definition) is 2. The zero-order chi connectivity index (χ0) is 17.6. The Hall–Kier alpha value is -2.87. The quantitative estimate of drug-likeness (QED) is 0.626. The molecule has 1 unspecified atom stereocenters. The molecule has 8 heteroatoms. The molecule has 0 spiro atoms. The smallest absolute Gasteiger partial charge is 0.262 e. The highest BCUT2D eigenvalue weighted by atomic mass is 32.1. The first-order valence-corrected chi connectivity index (χ1v) is 8.61. The normalized spacial score (nSPS) is 17.2. The van der Waals surface area contributed by atoms with Crippen molar-refractivity contribution in [2.24, 2.45) is 5.92 Å². The Morgan fingerprint density at radius 2 is 2.20 bits per heavy atom. The Morgan fingerprint density at radius 3 is 2.92 bits per heavy atom. The van der Waals surface area contributed by atoms with Gasteiger partial charge in [-0.1, -0.05) is 6.07 Å². The third-order valence-electron chi connectivity index (χ3n) is 3.76. The fourth-order valence-electron chi connectivity index (χ4n) is 2.50. The molecule has 130 valence electrons. The first-order chi connectivity index (χ1) is 12.1. The van der Waals surface area contributed by atoms with Gasteiger partial charge in [-0.15, -0.1) is 11.3 Å². The zero-order valence-corrected chi connectivity index (χ0v) is 14.1. The summed E-state index contributed by atoms with van der Waals surface area (Å²) < 4.78 is 5.22. The summed E-state index contributed by atoms with van der Waals surface area (Å²) in [5, 5.41) is 1.91. The van der Waals surface area contributed by atoms with Crippen LogP contribution in [0.15, 0.2) is 46.4 Å². The van der Waals surface area contributed by atoms with Gasteiger partial charge in [-0.25, -0.2) is 0 Å². The number of carbonyl (C=O) groups excluding carboxylic acids is 3. The molecule has 0 aromatic carbocycles. The van der Waals surface area contributed by atoms with Crippen LogP contribution < -0.4 is 10.9 Å². The van der Waals surface area contributed by atoms with Crippen molar-refractivity contribution in [3.63, 3.8) is 0 Å². The zero-order valence-electron chi connectivity index (χ0n) is 13.3. The Balaban J connectivity index is 1.45. The standard InChI is InChI=1S/C17H17N3O4S/c21-15(6-5-14-4-2-8-25-14)18-19-17(23)12-9-16(22)20(10-12)11-13-3-1-7-24-13/h1-8,12H,9-11H2,(H,18,21)(H,19,23)/b6-5+. The van der Waals surface area contributed by atoms with Gasteiger partial charge in [0.25, 0.3) is 5.91 Å². The topological polar surface area (TPSA) is 91.7 Å². The molecule has 2 aromatic rings. The lowest BCUT2D eigenvalue weighted by Crippen LogP contribution is -2.44. The van der Waals surface area contributed by atoms with Crippen LogP contribution in [0.4, 0.5) is 0 Å². The van der Waals surface area contributed by atoms with Crippen LogP contribution in [0.3, 0.4) is 0 Å². The molecule has 0 radical (unpaired) electrons. The first kappa shape index (κ1) is 17.0. The van der Waals surface area contributed by atoms with Crippen LogP contribution in [0.2, 0.25) is 0 Å². The van der Waals surface area contributed by atoms with E-state index in [1.807, 2.05) is 17.5 Å². The van der Waals surface area contributed by atoms with Gasteiger partial charge in [0, 0.05) is 23.9 Å². The molecule has 7 nitrogen and oxygen atoms in total. The average Bonchev–Trinajstić information content (AvgIpc) is 3.34. The van der Waals surface area contributed by atoms with E-state index in [-0.39, 0.29) is 18.2 Å². The Kier molecular flexibility index (Phi) is 5.30. The number of furan rings is 1. The van der Waals surface area contributed by atoms with Gasteiger partial charge in [-0.3, -0.25) is 25.2 Å². The number of hydrazine groups is 1. The molecule has 25 heavy (non-hydrogen) atoms. The van der Waals surface area contributed by atoms with Crippen molar-refractivity contribution in [1.29, 1.82) is 0 Å². The van der Waals surface area contributed by atoms with Crippen molar-refractivity contribution in [1.82, 2.24) is 15.8 Å². The maximum atomic E-state index is 12.1. The minimum atomic E-state index is -0.496. The van der Waals surface area contributed by atoms with E-state index < -0.39 is 11.8 Å². The molecule has 1 aliphatic heterocycles. The summed E-state index contributed by atoms with van der Waals surface area (Å²) in [6.07, 6.45) is 4.66. The fraction of sp³-hybridized carbons (Fsp3) is 0.235. The lowest BCUT2D eigenvalue weighted by molar-refractivity contribution is -0.130. The molecule has 0 bridgehead atoms. The van der Waals surface area contributed by atoms with Gasteiger partial charge in [0.05, 0.1) is 18.7 Å². The Labute approximate surface area is 148 Å². The van der Waals surface area contributed by atoms with Crippen LogP contribution >= 0.6 is 11.3 Å². The number of nitrogens with one attached hydrogen (secondary N) is 2. The van der Waals surface area contributed by atoms with Gasteiger partial charge in [0.1, 0.15) is 5.76 Å². The van der Waals surface area contributed by atoms with Crippen LogP contribution in [0, 0.1) is 5.92 Å². The number of nitrogens with zero attached hydrogens (tertiary/aromatic N) is 1. The maximum absolute atomic E-state index is 12.1. The second kappa shape index (κ2) is 7.80. The molecule has 0 saturated carbocycles. The summed E-state index contributed by atoms with van der Waals surface area (Å²) in [7, 11) is 0. The molecule has 1 fully saturated rings. The Bertz CT molecular complexity index is 768. The van der Waals surface area contributed by atoms with Gasteiger partial charge < -0.3 is 9.32 Å². The summed E-state index contributed by atoms with van der Waals surface area (Å²) in [6, 6.07) is 7.29. The molecule has 3 amide bonds.